The number of carbonyl (C=O) groups excluding carboxylic acids is 1. The number of anilines is 1. The van der Waals surface area contributed by atoms with Gasteiger partial charge in [-0.1, -0.05) is 37.3 Å². The molecule has 0 amide bonds. The summed E-state index contributed by atoms with van der Waals surface area (Å²) in [5.41, 5.74) is 1.36. The predicted octanol–water partition coefficient (Wildman–Crippen LogP) is 2.83. The van der Waals surface area contributed by atoms with Gasteiger partial charge in [0.05, 0.1) is 25.5 Å². The highest BCUT2D eigenvalue weighted by Crippen LogP contribution is 2.20. The lowest BCUT2D eigenvalue weighted by Gasteiger charge is -2.18. The van der Waals surface area contributed by atoms with E-state index < -0.39 is 5.97 Å². The van der Waals surface area contributed by atoms with Crippen molar-refractivity contribution in [3.05, 3.63) is 54.0 Å². The van der Waals surface area contributed by atoms with Crippen molar-refractivity contribution in [2.24, 2.45) is 0 Å². The summed E-state index contributed by atoms with van der Waals surface area (Å²) in [4.78, 5) is 19.7. The minimum absolute atomic E-state index is 0.124. The van der Waals surface area contributed by atoms with Crippen LogP contribution in [0.3, 0.4) is 0 Å². The number of methoxy groups -OCH3 is 1. The van der Waals surface area contributed by atoms with Gasteiger partial charge in [0, 0.05) is 0 Å². The van der Waals surface area contributed by atoms with Gasteiger partial charge in [-0.15, -0.1) is 0 Å². The molecule has 0 bridgehead atoms. The molecule has 1 N–H and O–H groups in total. The summed E-state index contributed by atoms with van der Waals surface area (Å²) in [5, 5.41) is 3.28. The van der Waals surface area contributed by atoms with Crippen LogP contribution in [-0.4, -0.2) is 23.0 Å². The highest BCUT2D eigenvalue weighted by Gasteiger charge is 2.12. The minimum atomic E-state index is -0.492. The molecule has 0 aliphatic rings. The molecule has 0 aliphatic heterocycles. The third-order valence-corrected chi connectivity index (χ3v) is 2.96. The Bertz CT molecular complexity index is 572. The van der Waals surface area contributed by atoms with Gasteiger partial charge >= 0.3 is 5.97 Å². The fraction of sp³-hybridized carbons (Fsp3) is 0.267. The summed E-state index contributed by atoms with van der Waals surface area (Å²) in [5.74, 6) is 0.0671. The fourth-order valence-electron chi connectivity index (χ4n) is 1.92. The van der Waals surface area contributed by atoms with Gasteiger partial charge < -0.3 is 10.1 Å². The number of ether oxygens (including phenoxy) is 1. The standard InChI is InChI=1S/C15H17N3O2/c1-3-12(11-7-5-4-6-8-11)17-14-10-16-9-13(18-14)15(19)20-2/h4-10,12H,3H2,1-2H3,(H,17,18). The van der Waals surface area contributed by atoms with Crippen LogP contribution in [0.5, 0.6) is 0 Å². The van der Waals surface area contributed by atoms with Gasteiger partial charge in [-0.3, -0.25) is 4.98 Å². The van der Waals surface area contributed by atoms with Crippen LogP contribution in [0.4, 0.5) is 5.82 Å². The predicted molar refractivity (Wildman–Crippen MR) is 76.5 cm³/mol. The maximum absolute atomic E-state index is 11.4. The van der Waals surface area contributed by atoms with Gasteiger partial charge in [0.25, 0.3) is 0 Å². The molecule has 0 saturated heterocycles. The molecular weight excluding hydrogens is 254 g/mol. The van der Waals surface area contributed by atoms with E-state index in [4.69, 9.17) is 0 Å². The molecule has 5 nitrogen and oxygen atoms in total. The molecule has 0 fully saturated rings. The maximum atomic E-state index is 11.4. The summed E-state index contributed by atoms with van der Waals surface area (Å²) in [7, 11) is 1.32. The average Bonchev–Trinajstić information content (AvgIpc) is 2.53. The second kappa shape index (κ2) is 6.65. The van der Waals surface area contributed by atoms with Crippen molar-refractivity contribution in [1.82, 2.24) is 9.97 Å². The van der Waals surface area contributed by atoms with E-state index in [1.54, 1.807) is 6.20 Å². The van der Waals surface area contributed by atoms with E-state index in [-0.39, 0.29) is 11.7 Å². The van der Waals surface area contributed by atoms with Crippen molar-refractivity contribution in [2.75, 3.05) is 12.4 Å². The Morgan fingerprint density at radius 2 is 2.05 bits per heavy atom. The van der Waals surface area contributed by atoms with Crippen LogP contribution in [-0.2, 0) is 4.74 Å². The summed E-state index contributed by atoms with van der Waals surface area (Å²) >= 11 is 0. The first-order valence-corrected chi connectivity index (χ1v) is 6.46. The van der Waals surface area contributed by atoms with Gasteiger partial charge in [0.2, 0.25) is 0 Å². The Hall–Kier alpha value is -2.43. The second-order valence-electron chi connectivity index (χ2n) is 4.30. The average molecular weight is 271 g/mol. The first-order chi connectivity index (χ1) is 9.74. The number of hydrogen-bond donors (Lipinski definition) is 1. The van der Waals surface area contributed by atoms with Crippen LogP contribution >= 0.6 is 0 Å². The molecule has 2 rings (SSSR count). The maximum Gasteiger partial charge on any atom is 0.358 e. The Morgan fingerprint density at radius 1 is 1.30 bits per heavy atom. The Kier molecular flexibility index (Phi) is 4.65. The molecule has 104 valence electrons. The molecule has 1 atom stereocenters. The zero-order valence-electron chi connectivity index (χ0n) is 11.5. The number of hydrogen-bond acceptors (Lipinski definition) is 5. The van der Waals surface area contributed by atoms with Gasteiger partial charge in [-0.25, -0.2) is 9.78 Å². The molecule has 0 saturated carbocycles. The van der Waals surface area contributed by atoms with Crippen LogP contribution < -0.4 is 5.32 Å². The Balaban J connectivity index is 2.18. The first-order valence-electron chi connectivity index (χ1n) is 6.46. The molecule has 1 aromatic heterocycles. The molecule has 2 aromatic rings. The van der Waals surface area contributed by atoms with Gasteiger partial charge in [-0.05, 0) is 12.0 Å². The number of carbonyl (C=O) groups is 1. The Morgan fingerprint density at radius 3 is 2.70 bits per heavy atom. The number of benzene rings is 1. The third-order valence-electron chi connectivity index (χ3n) is 2.96. The number of esters is 1. The van der Waals surface area contributed by atoms with Gasteiger partial charge in [-0.2, -0.15) is 0 Å². The van der Waals surface area contributed by atoms with Crippen molar-refractivity contribution < 1.29 is 9.53 Å². The van der Waals surface area contributed by atoms with E-state index in [0.29, 0.717) is 5.82 Å². The molecule has 20 heavy (non-hydrogen) atoms. The lowest BCUT2D eigenvalue weighted by Crippen LogP contribution is -2.13. The zero-order valence-corrected chi connectivity index (χ0v) is 11.5. The van der Waals surface area contributed by atoms with Gasteiger partial charge in [0.1, 0.15) is 5.82 Å². The number of nitrogens with zero attached hydrogens (tertiary/aromatic N) is 2. The van der Waals surface area contributed by atoms with Crippen LogP contribution in [0.25, 0.3) is 0 Å². The van der Waals surface area contributed by atoms with Crippen molar-refractivity contribution in [3.63, 3.8) is 0 Å². The van der Waals surface area contributed by atoms with Crippen LogP contribution in [0.1, 0.15) is 35.4 Å². The topological polar surface area (TPSA) is 64.1 Å². The van der Waals surface area contributed by atoms with E-state index in [0.717, 1.165) is 6.42 Å². The fourth-order valence-corrected chi connectivity index (χ4v) is 1.92. The molecule has 5 heteroatoms. The summed E-state index contributed by atoms with van der Waals surface area (Å²) in [6.45, 7) is 2.09. The summed E-state index contributed by atoms with van der Waals surface area (Å²) in [6, 6.07) is 10.2. The highest BCUT2D eigenvalue weighted by atomic mass is 16.5. The quantitative estimate of drug-likeness (QED) is 0.847. The van der Waals surface area contributed by atoms with E-state index in [1.165, 1.54) is 18.9 Å². The Labute approximate surface area is 118 Å². The molecule has 1 unspecified atom stereocenters. The summed E-state index contributed by atoms with van der Waals surface area (Å²) < 4.78 is 4.64. The third kappa shape index (κ3) is 3.32. The van der Waals surface area contributed by atoms with Crippen LogP contribution in [0.2, 0.25) is 0 Å². The monoisotopic (exact) mass is 271 g/mol. The van der Waals surface area contributed by atoms with E-state index in [9.17, 15) is 4.79 Å². The molecule has 1 heterocycles. The molecular formula is C15H17N3O2. The highest BCUT2D eigenvalue weighted by molar-refractivity contribution is 5.87. The van der Waals surface area contributed by atoms with Crippen molar-refractivity contribution in [1.29, 1.82) is 0 Å². The molecule has 0 aliphatic carbocycles. The molecule has 0 radical (unpaired) electrons. The van der Waals surface area contributed by atoms with Crippen LogP contribution in [0, 0.1) is 0 Å². The lowest BCUT2D eigenvalue weighted by atomic mass is 10.1. The van der Waals surface area contributed by atoms with E-state index in [1.807, 2.05) is 18.2 Å². The number of nitrogens with one attached hydrogen (secondary N) is 1. The first kappa shape index (κ1) is 14.0. The normalized spacial score (nSPS) is 11.7. The second-order valence-corrected chi connectivity index (χ2v) is 4.30. The summed E-state index contributed by atoms with van der Waals surface area (Å²) in [6.07, 6.45) is 3.88. The number of aromatic nitrogens is 2. The molecule has 0 spiro atoms. The van der Waals surface area contributed by atoms with E-state index >= 15 is 0 Å². The lowest BCUT2D eigenvalue weighted by molar-refractivity contribution is 0.0593. The van der Waals surface area contributed by atoms with Crippen LogP contribution in [0.15, 0.2) is 42.7 Å². The van der Waals surface area contributed by atoms with Crippen molar-refractivity contribution >= 4 is 11.8 Å². The van der Waals surface area contributed by atoms with Gasteiger partial charge in [0.15, 0.2) is 5.69 Å². The zero-order chi connectivity index (χ0) is 14.4. The molecule has 1 aromatic carbocycles. The number of rotatable bonds is 5. The SMILES string of the molecule is CCC(Nc1cncc(C(=O)OC)n1)c1ccccc1. The van der Waals surface area contributed by atoms with Crippen molar-refractivity contribution in [3.8, 4) is 0 Å². The largest absolute Gasteiger partial charge is 0.464 e. The van der Waals surface area contributed by atoms with E-state index in [2.05, 4.69) is 39.1 Å². The van der Waals surface area contributed by atoms with Crippen molar-refractivity contribution in [2.45, 2.75) is 19.4 Å². The minimum Gasteiger partial charge on any atom is -0.464 e. The smallest absolute Gasteiger partial charge is 0.358 e.